The molecule has 0 spiro atoms. The van der Waals surface area contributed by atoms with Crippen molar-refractivity contribution < 1.29 is 9.72 Å². The summed E-state index contributed by atoms with van der Waals surface area (Å²) in [6.07, 6.45) is 5.72. The standard InChI is InChI=1S/C11H11N3O3/c1-2-3-10-12-9-5-4-7(14(16)17)6-8(9)11(15)13-10/h4-7H,2-3H2,1H3. The van der Waals surface area contributed by atoms with Crippen LogP contribution in [0, 0.1) is 10.1 Å². The molecule has 0 aromatic carbocycles. The van der Waals surface area contributed by atoms with E-state index in [2.05, 4.69) is 9.98 Å². The molecule has 1 atom stereocenters. The van der Waals surface area contributed by atoms with E-state index >= 15 is 0 Å². The number of nitro groups is 1. The van der Waals surface area contributed by atoms with E-state index < -0.39 is 16.9 Å². The molecule has 0 radical (unpaired) electrons. The van der Waals surface area contributed by atoms with Gasteiger partial charge in [0.15, 0.2) is 0 Å². The Morgan fingerprint density at radius 3 is 2.88 bits per heavy atom. The van der Waals surface area contributed by atoms with Crippen LogP contribution in [0.2, 0.25) is 0 Å². The molecule has 1 unspecified atom stereocenters. The Morgan fingerprint density at radius 2 is 2.24 bits per heavy atom. The maximum Gasteiger partial charge on any atom is 0.280 e. The molecule has 0 N–H and O–H groups in total. The van der Waals surface area contributed by atoms with E-state index in [9.17, 15) is 14.9 Å². The average Bonchev–Trinajstić information content (AvgIpc) is 2.29. The van der Waals surface area contributed by atoms with Crippen LogP contribution in [0.3, 0.4) is 0 Å². The van der Waals surface area contributed by atoms with E-state index in [1.807, 2.05) is 6.92 Å². The van der Waals surface area contributed by atoms with E-state index in [1.165, 1.54) is 18.2 Å². The molecule has 0 saturated carbocycles. The van der Waals surface area contributed by atoms with E-state index in [0.29, 0.717) is 18.0 Å². The first-order valence-electron chi connectivity index (χ1n) is 5.36. The monoisotopic (exact) mass is 233 g/mol. The van der Waals surface area contributed by atoms with E-state index in [-0.39, 0.29) is 5.57 Å². The summed E-state index contributed by atoms with van der Waals surface area (Å²) in [6.45, 7) is 1.97. The van der Waals surface area contributed by atoms with Crippen LogP contribution in [0.5, 0.6) is 0 Å². The number of rotatable bonds is 3. The summed E-state index contributed by atoms with van der Waals surface area (Å²) in [7, 11) is 0. The van der Waals surface area contributed by atoms with Crippen molar-refractivity contribution in [3.05, 3.63) is 33.9 Å². The summed E-state index contributed by atoms with van der Waals surface area (Å²) in [5, 5.41) is 10.6. The highest BCUT2D eigenvalue weighted by Gasteiger charge is 2.27. The molecule has 17 heavy (non-hydrogen) atoms. The van der Waals surface area contributed by atoms with Gasteiger partial charge in [0.2, 0.25) is 0 Å². The van der Waals surface area contributed by atoms with Crippen molar-refractivity contribution in [2.75, 3.05) is 0 Å². The first-order chi connectivity index (χ1) is 8.11. The maximum atomic E-state index is 11.7. The summed E-state index contributed by atoms with van der Waals surface area (Å²) < 4.78 is 0. The van der Waals surface area contributed by atoms with Gasteiger partial charge in [0, 0.05) is 17.4 Å². The van der Waals surface area contributed by atoms with Crippen LogP contribution < -0.4 is 0 Å². The zero-order valence-corrected chi connectivity index (χ0v) is 9.29. The number of aliphatic imine (C=N–C) groups is 2. The van der Waals surface area contributed by atoms with Crippen molar-refractivity contribution in [2.24, 2.45) is 9.98 Å². The van der Waals surface area contributed by atoms with E-state index in [1.54, 1.807) is 0 Å². The minimum Gasteiger partial charge on any atom is -0.267 e. The Bertz CT molecular complexity index is 500. The molecule has 1 heterocycles. The second-order valence-electron chi connectivity index (χ2n) is 3.80. The lowest BCUT2D eigenvalue weighted by molar-refractivity contribution is -0.496. The molecule has 2 rings (SSSR count). The van der Waals surface area contributed by atoms with Crippen molar-refractivity contribution in [3.8, 4) is 0 Å². The fourth-order valence-electron chi connectivity index (χ4n) is 1.68. The first-order valence-corrected chi connectivity index (χ1v) is 5.36. The number of allylic oxidation sites excluding steroid dienone is 1. The lowest BCUT2D eigenvalue weighted by atomic mass is 9.99. The van der Waals surface area contributed by atoms with Gasteiger partial charge < -0.3 is 0 Å². The van der Waals surface area contributed by atoms with Gasteiger partial charge in [-0.2, -0.15) is 4.99 Å². The quantitative estimate of drug-likeness (QED) is 0.544. The number of amidine groups is 1. The number of carbonyl (C=O) groups excluding carboxylic acids is 1. The number of hydrogen-bond acceptors (Lipinski definition) is 4. The molecule has 0 fully saturated rings. The first kappa shape index (κ1) is 11.4. The summed E-state index contributed by atoms with van der Waals surface area (Å²) in [6, 6.07) is -0.962. The summed E-state index contributed by atoms with van der Waals surface area (Å²) in [5.74, 6) is 0.0588. The normalized spacial score (nSPS) is 22.5. The third-order valence-corrected chi connectivity index (χ3v) is 2.49. The van der Waals surface area contributed by atoms with E-state index in [0.717, 1.165) is 6.42 Å². The van der Waals surface area contributed by atoms with Gasteiger partial charge in [0.25, 0.3) is 11.9 Å². The fourth-order valence-corrected chi connectivity index (χ4v) is 1.68. The molecule has 6 nitrogen and oxygen atoms in total. The molecule has 0 aromatic heterocycles. The highest BCUT2D eigenvalue weighted by atomic mass is 16.6. The second kappa shape index (κ2) is 4.40. The van der Waals surface area contributed by atoms with Crippen molar-refractivity contribution >= 4 is 17.5 Å². The van der Waals surface area contributed by atoms with Crippen LogP contribution in [0.4, 0.5) is 0 Å². The SMILES string of the molecule is CCCC1=NC(=O)C2=CC([N+](=O)[O-])C=CC2=N1. The zero-order valence-electron chi connectivity index (χ0n) is 9.29. The molecule has 0 aromatic rings. The van der Waals surface area contributed by atoms with Crippen LogP contribution in [-0.2, 0) is 4.79 Å². The van der Waals surface area contributed by atoms with Crippen molar-refractivity contribution in [1.29, 1.82) is 0 Å². The molecule has 1 aliphatic heterocycles. The van der Waals surface area contributed by atoms with Gasteiger partial charge in [-0.15, -0.1) is 0 Å². The third-order valence-electron chi connectivity index (χ3n) is 2.49. The maximum absolute atomic E-state index is 11.7. The summed E-state index contributed by atoms with van der Waals surface area (Å²) >= 11 is 0. The van der Waals surface area contributed by atoms with Crippen LogP contribution in [0.25, 0.3) is 0 Å². The molecule has 2 aliphatic rings. The van der Waals surface area contributed by atoms with Crippen LogP contribution in [0.15, 0.2) is 33.8 Å². The minimum atomic E-state index is -0.962. The van der Waals surface area contributed by atoms with Gasteiger partial charge in [-0.05, 0) is 18.6 Å². The fraction of sp³-hybridized carbons (Fsp3) is 0.364. The van der Waals surface area contributed by atoms with Gasteiger partial charge >= 0.3 is 0 Å². The Hall–Kier alpha value is -2.11. The molecule has 0 saturated heterocycles. The second-order valence-corrected chi connectivity index (χ2v) is 3.80. The lowest BCUT2D eigenvalue weighted by Gasteiger charge is -2.15. The molecule has 88 valence electrons. The minimum absolute atomic E-state index is 0.231. The van der Waals surface area contributed by atoms with Crippen LogP contribution >= 0.6 is 0 Å². The number of fused-ring (bicyclic) bond motifs is 1. The van der Waals surface area contributed by atoms with Crippen molar-refractivity contribution in [1.82, 2.24) is 0 Å². The number of amides is 1. The highest BCUT2D eigenvalue weighted by molar-refractivity contribution is 6.32. The van der Waals surface area contributed by atoms with Gasteiger partial charge in [-0.25, -0.2) is 4.99 Å². The third kappa shape index (κ3) is 2.20. The predicted octanol–water partition coefficient (Wildman–Crippen LogP) is 1.31. The highest BCUT2D eigenvalue weighted by Crippen LogP contribution is 2.18. The largest absolute Gasteiger partial charge is 0.280 e. The van der Waals surface area contributed by atoms with Crippen molar-refractivity contribution in [3.63, 3.8) is 0 Å². The predicted molar refractivity (Wildman–Crippen MR) is 62.8 cm³/mol. The van der Waals surface area contributed by atoms with Gasteiger partial charge in [-0.3, -0.25) is 14.9 Å². The molecule has 1 aliphatic carbocycles. The van der Waals surface area contributed by atoms with Crippen molar-refractivity contribution in [2.45, 2.75) is 25.8 Å². The summed E-state index contributed by atoms with van der Waals surface area (Å²) in [5.41, 5.74) is 0.709. The van der Waals surface area contributed by atoms with Gasteiger partial charge in [-0.1, -0.05) is 6.92 Å². The molecule has 1 amide bonds. The van der Waals surface area contributed by atoms with Gasteiger partial charge in [0.05, 0.1) is 11.3 Å². The smallest absolute Gasteiger partial charge is 0.267 e. The number of nitrogens with zero attached hydrogens (tertiary/aromatic N) is 3. The number of hydrogen-bond donors (Lipinski definition) is 0. The Kier molecular flexibility index (Phi) is 2.95. The lowest BCUT2D eigenvalue weighted by Crippen LogP contribution is -2.26. The Labute approximate surface area is 97.6 Å². The Morgan fingerprint density at radius 1 is 1.47 bits per heavy atom. The molecule has 6 heteroatoms. The topological polar surface area (TPSA) is 84.9 Å². The summed E-state index contributed by atoms with van der Waals surface area (Å²) in [4.78, 5) is 29.9. The number of carbonyl (C=O) groups is 1. The Balaban J connectivity index is 2.32. The van der Waals surface area contributed by atoms with Crippen LogP contribution in [0.1, 0.15) is 19.8 Å². The van der Waals surface area contributed by atoms with Crippen LogP contribution in [-0.4, -0.2) is 28.4 Å². The van der Waals surface area contributed by atoms with E-state index in [4.69, 9.17) is 0 Å². The molecular weight excluding hydrogens is 222 g/mol. The zero-order chi connectivity index (χ0) is 12.4. The molecular formula is C11H11N3O3. The average molecular weight is 233 g/mol. The molecule has 0 bridgehead atoms. The van der Waals surface area contributed by atoms with Gasteiger partial charge in [0.1, 0.15) is 5.84 Å².